The van der Waals surface area contributed by atoms with Crippen molar-refractivity contribution in [1.29, 1.82) is 0 Å². The van der Waals surface area contributed by atoms with E-state index in [2.05, 4.69) is 5.32 Å². The Morgan fingerprint density at radius 2 is 1.82 bits per heavy atom. The van der Waals surface area contributed by atoms with Gasteiger partial charge in [-0.2, -0.15) is 0 Å². The Kier molecular flexibility index (Phi) is 4.85. The second kappa shape index (κ2) is 5.12. The Morgan fingerprint density at radius 3 is 2.27 bits per heavy atom. The van der Waals surface area contributed by atoms with Crippen molar-refractivity contribution in [3.63, 3.8) is 0 Å². The van der Waals surface area contributed by atoms with E-state index in [1.807, 2.05) is 18.2 Å². The van der Waals surface area contributed by atoms with Crippen molar-refractivity contribution in [2.45, 2.75) is 0 Å². The molecule has 0 spiro atoms. The maximum Gasteiger partial charge on any atom is 0.251 e. The standard InChI is InChI=1S/C8H9NO.HI/c1-9-8(10)7-5-3-2-4-6-7;/h2-6H,1H3,(H,9,10);1H. The van der Waals surface area contributed by atoms with E-state index in [1.165, 1.54) is 0 Å². The van der Waals surface area contributed by atoms with Gasteiger partial charge in [0, 0.05) is 12.6 Å². The molecule has 11 heavy (non-hydrogen) atoms. The van der Waals surface area contributed by atoms with Crippen molar-refractivity contribution in [3.8, 4) is 0 Å². The zero-order valence-electron chi connectivity index (χ0n) is 6.20. The highest BCUT2D eigenvalue weighted by Gasteiger charge is 1.97. The molecule has 0 unspecified atom stereocenters. The van der Waals surface area contributed by atoms with Crippen LogP contribution in [-0.2, 0) is 0 Å². The third kappa shape index (κ3) is 2.88. The lowest BCUT2D eigenvalue weighted by molar-refractivity contribution is 0.0963. The molecule has 1 aromatic carbocycles. The predicted octanol–water partition coefficient (Wildman–Crippen LogP) is 1.66. The van der Waals surface area contributed by atoms with E-state index in [4.69, 9.17) is 0 Å². The highest BCUT2D eigenvalue weighted by atomic mass is 127. The lowest BCUT2D eigenvalue weighted by Gasteiger charge is -1.96. The Hall–Kier alpha value is -0.580. The third-order valence-electron chi connectivity index (χ3n) is 1.26. The minimum absolute atomic E-state index is 0. The van der Waals surface area contributed by atoms with Crippen LogP contribution in [0.1, 0.15) is 10.4 Å². The molecular formula is C8H10INO. The topological polar surface area (TPSA) is 29.1 Å². The summed E-state index contributed by atoms with van der Waals surface area (Å²) in [6.07, 6.45) is 0. The summed E-state index contributed by atoms with van der Waals surface area (Å²) in [6, 6.07) is 9.11. The fraction of sp³-hybridized carbons (Fsp3) is 0.125. The highest BCUT2D eigenvalue weighted by Crippen LogP contribution is 1.96. The van der Waals surface area contributed by atoms with Crippen LogP contribution >= 0.6 is 24.0 Å². The SMILES string of the molecule is CNC(=O)c1ccccc1.I. The van der Waals surface area contributed by atoms with Gasteiger partial charge in [0.05, 0.1) is 0 Å². The molecule has 1 N–H and O–H groups in total. The molecule has 1 rings (SSSR count). The molecule has 0 bridgehead atoms. The van der Waals surface area contributed by atoms with Crippen LogP contribution in [0, 0.1) is 0 Å². The first-order valence-electron chi connectivity index (χ1n) is 3.11. The van der Waals surface area contributed by atoms with Crippen molar-refractivity contribution in [3.05, 3.63) is 35.9 Å². The summed E-state index contributed by atoms with van der Waals surface area (Å²) in [4.78, 5) is 10.9. The molecule has 0 saturated heterocycles. The summed E-state index contributed by atoms with van der Waals surface area (Å²) in [5, 5.41) is 2.54. The minimum atomic E-state index is -0.0411. The second-order valence-electron chi connectivity index (χ2n) is 1.95. The van der Waals surface area contributed by atoms with Gasteiger partial charge in [-0.1, -0.05) is 18.2 Å². The summed E-state index contributed by atoms with van der Waals surface area (Å²) >= 11 is 0. The summed E-state index contributed by atoms with van der Waals surface area (Å²) < 4.78 is 0. The van der Waals surface area contributed by atoms with Crippen LogP contribution in [0.5, 0.6) is 0 Å². The van der Waals surface area contributed by atoms with E-state index in [-0.39, 0.29) is 29.9 Å². The fourth-order valence-corrected chi connectivity index (χ4v) is 0.734. The van der Waals surface area contributed by atoms with Gasteiger partial charge in [-0.05, 0) is 12.1 Å². The number of carbonyl (C=O) groups excluding carboxylic acids is 1. The molecule has 0 aliphatic heterocycles. The largest absolute Gasteiger partial charge is 0.355 e. The number of carbonyl (C=O) groups is 1. The van der Waals surface area contributed by atoms with Crippen LogP contribution in [0.2, 0.25) is 0 Å². The first-order chi connectivity index (χ1) is 4.84. The van der Waals surface area contributed by atoms with Crippen LogP contribution in [0.3, 0.4) is 0 Å². The van der Waals surface area contributed by atoms with Crippen molar-refractivity contribution in [2.24, 2.45) is 0 Å². The number of rotatable bonds is 1. The van der Waals surface area contributed by atoms with E-state index in [9.17, 15) is 4.79 Å². The van der Waals surface area contributed by atoms with E-state index in [0.717, 1.165) is 0 Å². The van der Waals surface area contributed by atoms with Gasteiger partial charge in [-0.15, -0.1) is 24.0 Å². The fourth-order valence-electron chi connectivity index (χ4n) is 0.734. The van der Waals surface area contributed by atoms with E-state index in [0.29, 0.717) is 5.56 Å². The van der Waals surface area contributed by atoms with Crippen molar-refractivity contribution in [1.82, 2.24) is 5.32 Å². The van der Waals surface area contributed by atoms with Crippen LogP contribution < -0.4 is 5.32 Å². The van der Waals surface area contributed by atoms with Crippen molar-refractivity contribution < 1.29 is 4.79 Å². The van der Waals surface area contributed by atoms with Crippen LogP contribution in [0.25, 0.3) is 0 Å². The average molecular weight is 263 g/mol. The summed E-state index contributed by atoms with van der Waals surface area (Å²) in [5.41, 5.74) is 0.699. The highest BCUT2D eigenvalue weighted by molar-refractivity contribution is 14.0. The molecule has 0 heterocycles. The molecule has 0 fully saturated rings. The maximum absolute atomic E-state index is 10.9. The lowest BCUT2D eigenvalue weighted by atomic mass is 10.2. The zero-order chi connectivity index (χ0) is 7.40. The van der Waals surface area contributed by atoms with Gasteiger partial charge in [0.15, 0.2) is 0 Å². The Morgan fingerprint density at radius 1 is 1.27 bits per heavy atom. The zero-order valence-corrected chi connectivity index (χ0v) is 8.53. The molecule has 1 aromatic rings. The average Bonchev–Trinajstić information content (AvgIpc) is 2.05. The van der Waals surface area contributed by atoms with Crippen LogP contribution in [-0.4, -0.2) is 13.0 Å². The smallest absolute Gasteiger partial charge is 0.251 e. The van der Waals surface area contributed by atoms with Crippen LogP contribution in [0.4, 0.5) is 0 Å². The van der Waals surface area contributed by atoms with Gasteiger partial charge in [-0.3, -0.25) is 4.79 Å². The van der Waals surface area contributed by atoms with Gasteiger partial charge in [0.2, 0.25) is 0 Å². The number of benzene rings is 1. The molecule has 0 radical (unpaired) electrons. The third-order valence-corrected chi connectivity index (χ3v) is 1.26. The molecule has 0 aliphatic rings. The first-order valence-corrected chi connectivity index (χ1v) is 3.11. The number of hydrogen-bond donors (Lipinski definition) is 1. The van der Waals surface area contributed by atoms with E-state index < -0.39 is 0 Å². The lowest BCUT2D eigenvalue weighted by Crippen LogP contribution is -2.17. The monoisotopic (exact) mass is 263 g/mol. The first kappa shape index (κ1) is 10.4. The van der Waals surface area contributed by atoms with Crippen molar-refractivity contribution in [2.75, 3.05) is 7.05 Å². The van der Waals surface area contributed by atoms with Gasteiger partial charge < -0.3 is 5.32 Å². The number of hydrogen-bond acceptors (Lipinski definition) is 1. The molecule has 0 aromatic heterocycles. The Balaban J connectivity index is 0.000001000. The summed E-state index contributed by atoms with van der Waals surface area (Å²) in [7, 11) is 1.62. The molecule has 0 aliphatic carbocycles. The Bertz CT molecular complexity index is 223. The molecule has 0 saturated carbocycles. The molecule has 1 amide bonds. The maximum atomic E-state index is 10.9. The predicted molar refractivity (Wildman–Crippen MR) is 55.2 cm³/mol. The van der Waals surface area contributed by atoms with Gasteiger partial charge in [0.1, 0.15) is 0 Å². The minimum Gasteiger partial charge on any atom is -0.355 e. The molecular weight excluding hydrogens is 253 g/mol. The van der Waals surface area contributed by atoms with Crippen LogP contribution in [0.15, 0.2) is 30.3 Å². The number of amides is 1. The summed E-state index contributed by atoms with van der Waals surface area (Å²) in [5.74, 6) is -0.0411. The van der Waals surface area contributed by atoms with Gasteiger partial charge in [0.25, 0.3) is 5.91 Å². The van der Waals surface area contributed by atoms with E-state index in [1.54, 1.807) is 19.2 Å². The Labute approximate surface area is 83.0 Å². The molecule has 3 heteroatoms. The number of halogens is 1. The quantitative estimate of drug-likeness (QED) is 0.767. The molecule has 60 valence electrons. The molecule has 0 atom stereocenters. The normalized spacial score (nSPS) is 8.09. The van der Waals surface area contributed by atoms with Gasteiger partial charge in [-0.25, -0.2) is 0 Å². The van der Waals surface area contributed by atoms with E-state index >= 15 is 0 Å². The molecule has 2 nitrogen and oxygen atoms in total. The van der Waals surface area contributed by atoms with Crippen molar-refractivity contribution >= 4 is 29.9 Å². The van der Waals surface area contributed by atoms with Gasteiger partial charge >= 0.3 is 0 Å². The number of nitrogens with one attached hydrogen (secondary N) is 1. The second-order valence-corrected chi connectivity index (χ2v) is 1.95. The summed E-state index contributed by atoms with van der Waals surface area (Å²) in [6.45, 7) is 0.